The summed E-state index contributed by atoms with van der Waals surface area (Å²) in [7, 11) is 0. The molecule has 2 aromatic carbocycles. The maximum Gasteiger partial charge on any atom is 0.326 e. The monoisotopic (exact) mass is 456 g/mol. The fourth-order valence-corrected chi connectivity index (χ4v) is 2.29. The SMILES string of the molecule is O=C(CCl)Oc1ccc(/C=C/c2cc(OC(=O)CCl)cc(OC(=O)CCl)c2)cc1. The van der Waals surface area contributed by atoms with Crippen LogP contribution in [0.2, 0.25) is 0 Å². The van der Waals surface area contributed by atoms with Crippen molar-refractivity contribution in [3.05, 3.63) is 53.6 Å². The first-order chi connectivity index (χ1) is 13.9. The Morgan fingerprint density at radius 2 is 1.03 bits per heavy atom. The van der Waals surface area contributed by atoms with Crippen LogP contribution in [0.3, 0.4) is 0 Å². The van der Waals surface area contributed by atoms with Crippen LogP contribution in [-0.4, -0.2) is 35.5 Å². The molecule has 0 aliphatic heterocycles. The second kappa shape index (κ2) is 11.5. The van der Waals surface area contributed by atoms with Gasteiger partial charge in [-0.05, 0) is 35.4 Å². The first kappa shape index (κ1) is 22.7. The Morgan fingerprint density at radius 3 is 1.48 bits per heavy atom. The molecule has 2 aromatic rings. The van der Waals surface area contributed by atoms with E-state index in [0.717, 1.165) is 5.56 Å². The predicted octanol–water partition coefficient (Wildman–Crippen LogP) is 4.29. The fraction of sp³-hybridized carbons (Fsp3) is 0.150. The molecule has 152 valence electrons. The number of halogens is 3. The van der Waals surface area contributed by atoms with Crippen LogP contribution in [0.5, 0.6) is 17.2 Å². The molecule has 0 atom stereocenters. The molecular formula is C20H15Cl3O6. The Bertz CT molecular complexity index is 873. The molecule has 0 bridgehead atoms. The van der Waals surface area contributed by atoms with Crippen molar-refractivity contribution in [3.63, 3.8) is 0 Å². The van der Waals surface area contributed by atoms with E-state index >= 15 is 0 Å². The maximum atomic E-state index is 11.4. The Labute approximate surface area is 181 Å². The van der Waals surface area contributed by atoms with E-state index in [-0.39, 0.29) is 29.1 Å². The number of benzene rings is 2. The zero-order valence-electron chi connectivity index (χ0n) is 14.9. The quantitative estimate of drug-likeness (QED) is 0.255. The minimum absolute atomic E-state index is 0.165. The zero-order valence-corrected chi connectivity index (χ0v) is 17.2. The van der Waals surface area contributed by atoms with Crippen molar-refractivity contribution >= 4 is 64.9 Å². The Hall–Kier alpha value is -2.54. The number of carbonyl (C=O) groups excluding carboxylic acids is 3. The van der Waals surface area contributed by atoms with Crippen molar-refractivity contribution in [2.75, 3.05) is 17.6 Å². The van der Waals surface area contributed by atoms with Gasteiger partial charge in [-0.15, -0.1) is 34.8 Å². The molecule has 0 unspecified atom stereocenters. The Kier molecular flexibility index (Phi) is 8.99. The molecule has 2 rings (SSSR count). The molecule has 0 spiro atoms. The van der Waals surface area contributed by atoms with E-state index < -0.39 is 17.9 Å². The first-order valence-corrected chi connectivity index (χ1v) is 9.77. The van der Waals surface area contributed by atoms with Crippen LogP contribution >= 0.6 is 34.8 Å². The molecule has 0 aliphatic carbocycles. The van der Waals surface area contributed by atoms with Gasteiger partial charge in [0.1, 0.15) is 34.9 Å². The van der Waals surface area contributed by atoms with Gasteiger partial charge in [0.25, 0.3) is 0 Å². The van der Waals surface area contributed by atoms with Crippen LogP contribution in [-0.2, 0) is 14.4 Å². The van der Waals surface area contributed by atoms with Gasteiger partial charge in [-0.3, -0.25) is 14.4 Å². The van der Waals surface area contributed by atoms with E-state index in [9.17, 15) is 14.4 Å². The zero-order chi connectivity index (χ0) is 21.2. The third-order valence-electron chi connectivity index (χ3n) is 3.27. The largest absolute Gasteiger partial charge is 0.426 e. The number of ether oxygens (including phenoxy) is 3. The second-order valence-electron chi connectivity index (χ2n) is 5.46. The highest BCUT2D eigenvalue weighted by Crippen LogP contribution is 2.25. The second-order valence-corrected chi connectivity index (χ2v) is 6.27. The lowest BCUT2D eigenvalue weighted by Crippen LogP contribution is -2.11. The van der Waals surface area contributed by atoms with Gasteiger partial charge >= 0.3 is 17.9 Å². The molecule has 0 N–H and O–H groups in total. The normalized spacial score (nSPS) is 10.6. The van der Waals surface area contributed by atoms with Crippen molar-refractivity contribution in [2.24, 2.45) is 0 Å². The van der Waals surface area contributed by atoms with Crippen molar-refractivity contribution in [2.45, 2.75) is 0 Å². The number of hydrogen-bond donors (Lipinski definition) is 0. The van der Waals surface area contributed by atoms with E-state index in [1.54, 1.807) is 48.6 Å². The smallest absolute Gasteiger partial charge is 0.326 e. The van der Waals surface area contributed by atoms with Crippen LogP contribution in [0, 0.1) is 0 Å². The molecule has 0 aromatic heterocycles. The minimum atomic E-state index is -0.649. The molecule has 6 nitrogen and oxygen atoms in total. The van der Waals surface area contributed by atoms with Crippen molar-refractivity contribution in [1.82, 2.24) is 0 Å². The third kappa shape index (κ3) is 7.77. The standard InChI is InChI=1S/C20H15Cl3O6/c21-10-18(24)27-15-5-3-13(4-6-15)1-2-14-7-16(28-19(25)11-22)9-17(8-14)29-20(26)12-23/h1-9H,10-12H2/b2-1+. The van der Waals surface area contributed by atoms with Gasteiger partial charge in [-0.1, -0.05) is 24.3 Å². The minimum Gasteiger partial charge on any atom is -0.426 e. The van der Waals surface area contributed by atoms with Crippen LogP contribution < -0.4 is 14.2 Å². The summed E-state index contributed by atoms with van der Waals surface area (Å²) in [6.45, 7) is 0. The molecule has 0 amide bonds. The molecule has 0 radical (unpaired) electrons. The molecule has 0 fully saturated rings. The van der Waals surface area contributed by atoms with E-state index in [1.165, 1.54) is 6.07 Å². The van der Waals surface area contributed by atoms with E-state index in [4.69, 9.17) is 49.0 Å². The van der Waals surface area contributed by atoms with Gasteiger partial charge in [0.2, 0.25) is 0 Å². The first-order valence-electron chi connectivity index (χ1n) is 8.16. The van der Waals surface area contributed by atoms with Gasteiger partial charge < -0.3 is 14.2 Å². The summed E-state index contributed by atoms with van der Waals surface area (Å²) in [5, 5.41) is 0. The molecule has 9 heteroatoms. The highest BCUT2D eigenvalue weighted by molar-refractivity contribution is 6.27. The lowest BCUT2D eigenvalue weighted by Gasteiger charge is -2.08. The Morgan fingerprint density at radius 1 is 0.621 bits per heavy atom. The molecule has 0 saturated carbocycles. The predicted molar refractivity (Wildman–Crippen MR) is 111 cm³/mol. The number of rotatable bonds is 8. The van der Waals surface area contributed by atoms with Crippen LogP contribution in [0.1, 0.15) is 11.1 Å². The third-order valence-corrected chi connectivity index (χ3v) is 3.93. The lowest BCUT2D eigenvalue weighted by molar-refractivity contribution is -0.132. The van der Waals surface area contributed by atoms with Gasteiger partial charge in [0.05, 0.1) is 0 Å². The van der Waals surface area contributed by atoms with Crippen molar-refractivity contribution in [3.8, 4) is 17.2 Å². The molecule has 0 heterocycles. The van der Waals surface area contributed by atoms with Crippen molar-refractivity contribution < 1.29 is 28.6 Å². The lowest BCUT2D eigenvalue weighted by atomic mass is 10.1. The maximum absolute atomic E-state index is 11.4. The summed E-state index contributed by atoms with van der Waals surface area (Å²) in [6.07, 6.45) is 3.48. The summed E-state index contributed by atoms with van der Waals surface area (Å²) >= 11 is 16.3. The fourth-order valence-electron chi connectivity index (χ4n) is 2.12. The molecule has 0 saturated heterocycles. The molecule has 29 heavy (non-hydrogen) atoms. The average molecular weight is 458 g/mol. The van der Waals surface area contributed by atoms with E-state index in [1.807, 2.05) is 0 Å². The summed E-state index contributed by atoms with van der Waals surface area (Å²) in [5.41, 5.74) is 1.40. The summed E-state index contributed by atoms with van der Waals surface area (Å²) < 4.78 is 15.2. The number of esters is 3. The summed E-state index contributed by atoms with van der Waals surface area (Å²) in [4.78, 5) is 34.1. The number of hydrogen-bond acceptors (Lipinski definition) is 6. The summed E-state index contributed by atoms with van der Waals surface area (Å²) in [6, 6.07) is 11.3. The highest BCUT2D eigenvalue weighted by atomic mass is 35.5. The van der Waals surface area contributed by atoms with Crippen LogP contribution in [0.25, 0.3) is 12.2 Å². The van der Waals surface area contributed by atoms with E-state index in [0.29, 0.717) is 11.3 Å². The number of alkyl halides is 3. The van der Waals surface area contributed by atoms with Crippen molar-refractivity contribution in [1.29, 1.82) is 0 Å². The summed E-state index contributed by atoms with van der Waals surface area (Å²) in [5.74, 6) is -2.01. The van der Waals surface area contributed by atoms with Gasteiger partial charge in [0.15, 0.2) is 0 Å². The number of carbonyl (C=O) groups is 3. The molecular weight excluding hydrogens is 443 g/mol. The average Bonchev–Trinajstić information content (AvgIpc) is 2.72. The van der Waals surface area contributed by atoms with Gasteiger partial charge in [0, 0.05) is 6.07 Å². The highest BCUT2D eigenvalue weighted by Gasteiger charge is 2.09. The van der Waals surface area contributed by atoms with Gasteiger partial charge in [-0.2, -0.15) is 0 Å². The van der Waals surface area contributed by atoms with Crippen LogP contribution in [0.15, 0.2) is 42.5 Å². The van der Waals surface area contributed by atoms with Crippen LogP contribution in [0.4, 0.5) is 0 Å². The Balaban J connectivity index is 2.21. The molecule has 0 aliphatic rings. The topological polar surface area (TPSA) is 78.9 Å². The van der Waals surface area contributed by atoms with Gasteiger partial charge in [-0.25, -0.2) is 0 Å². The van der Waals surface area contributed by atoms with E-state index in [2.05, 4.69) is 0 Å².